The topological polar surface area (TPSA) is 94.8 Å². The van der Waals surface area contributed by atoms with Gasteiger partial charge in [-0.25, -0.2) is 4.39 Å². The smallest absolute Gasteiger partial charge is 0.190 e. The number of alkyl halides is 1. The first-order chi connectivity index (χ1) is 12.6. The van der Waals surface area contributed by atoms with Crippen LogP contribution in [-0.4, -0.2) is 50.9 Å². The molecule has 0 aromatic rings. The lowest BCUT2D eigenvalue weighted by Gasteiger charge is -2.65. The Kier molecular flexibility index (Phi) is 3.14. The number of carbonyl (C=O) groups is 2. The normalized spacial score (nSPS) is 55.1. The Morgan fingerprint density at radius 3 is 2.67 bits per heavy atom. The van der Waals surface area contributed by atoms with Crippen LogP contribution in [0.15, 0.2) is 23.3 Å². The van der Waals surface area contributed by atoms with Crippen LogP contribution in [0.1, 0.15) is 39.5 Å². The van der Waals surface area contributed by atoms with Gasteiger partial charge >= 0.3 is 0 Å². The molecular weight excluding hydrogens is 351 g/mol. The van der Waals surface area contributed by atoms with Crippen molar-refractivity contribution in [1.82, 2.24) is 0 Å². The van der Waals surface area contributed by atoms with Crippen molar-refractivity contribution >= 4 is 11.6 Å². The minimum absolute atomic E-state index is 0.0342. The summed E-state index contributed by atoms with van der Waals surface area (Å²) in [4.78, 5) is 25.2. The number of carbonyl (C=O) groups excluding carboxylic acids is 2. The first-order valence-corrected chi connectivity index (χ1v) is 9.77. The van der Waals surface area contributed by atoms with Crippen molar-refractivity contribution in [2.45, 2.75) is 56.9 Å². The van der Waals surface area contributed by atoms with Gasteiger partial charge in [0.25, 0.3) is 0 Å². The summed E-state index contributed by atoms with van der Waals surface area (Å²) >= 11 is 0. The number of halogens is 1. The Hall–Kier alpha value is -1.37. The highest BCUT2D eigenvalue weighted by molar-refractivity contribution is 6.03. The molecule has 5 bridgehead atoms. The second-order valence-corrected chi connectivity index (χ2v) is 9.59. The molecular formula is C21H25FO5. The van der Waals surface area contributed by atoms with E-state index in [9.17, 15) is 24.9 Å². The summed E-state index contributed by atoms with van der Waals surface area (Å²) in [5.41, 5.74) is -5.02. The Morgan fingerprint density at radius 2 is 2.00 bits per heavy atom. The van der Waals surface area contributed by atoms with Gasteiger partial charge in [-0.3, -0.25) is 9.59 Å². The van der Waals surface area contributed by atoms with Crippen molar-refractivity contribution in [3.8, 4) is 0 Å². The summed E-state index contributed by atoms with van der Waals surface area (Å²) in [6.07, 6.45) is 2.89. The van der Waals surface area contributed by atoms with Crippen molar-refractivity contribution in [2.24, 2.45) is 28.6 Å². The van der Waals surface area contributed by atoms with Crippen molar-refractivity contribution in [1.29, 1.82) is 0 Å². The molecule has 6 heteroatoms. The fourth-order valence-corrected chi connectivity index (χ4v) is 7.86. The van der Waals surface area contributed by atoms with E-state index in [2.05, 4.69) is 0 Å². The van der Waals surface area contributed by atoms with E-state index in [1.54, 1.807) is 13.8 Å². The van der Waals surface area contributed by atoms with Gasteiger partial charge < -0.3 is 15.3 Å². The van der Waals surface area contributed by atoms with Gasteiger partial charge in [0.2, 0.25) is 0 Å². The van der Waals surface area contributed by atoms with Gasteiger partial charge in [-0.15, -0.1) is 0 Å². The molecule has 0 aliphatic heterocycles. The van der Waals surface area contributed by atoms with Crippen molar-refractivity contribution in [3.05, 3.63) is 23.3 Å². The maximum atomic E-state index is 16.8. The molecule has 5 aliphatic carbocycles. The molecule has 5 aliphatic rings. The lowest BCUT2D eigenvalue weighted by molar-refractivity contribution is -0.231. The average molecular weight is 376 g/mol. The largest absolute Gasteiger partial charge is 0.390 e. The quantitative estimate of drug-likeness (QED) is 0.675. The molecule has 4 saturated carbocycles. The molecule has 5 nitrogen and oxygen atoms in total. The molecule has 0 aromatic heterocycles. The maximum Gasteiger partial charge on any atom is 0.190 e. The molecule has 4 fully saturated rings. The molecule has 3 N–H and O–H groups in total. The van der Waals surface area contributed by atoms with Crippen LogP contribution in [-0.2, 0) is 9.59 Å². The van der Waals surface area contributed by atoms with Crippen LogP contribution in [0.25, 0.3) is 0 Å². The molecule has 1 unspecified atom stereocenters. The highest BCUT2D eigenvalue weighted by Crippen LogP contribution is 2.77. The summed E-state index contributed by atoms with van der Waals surface area (Å²) in [7, 11) is 0. The Labute approximate surface area is 157 Å². The maximum absolute atomic E-state index is 16.8. The van der Waals surface area contributed by atoms with Gasteiger partial charge in [0.15, 0.2) is 17.2 Å². The predicted molar refractivity (Wildman–Crippen MR) is 93.2 cm³/mol. The second kappa shape index (κ2) is 4.78. The summed E-state index contributed by atoms with van der Waals surface area (Å²) in [6, 6.07) is 0. The van der Waals surface area contributed by atoms with Crippen LogP contribution < -0.4 is 0 Å². The molecule has 0 saturated heterocycles. The van der Waals surface area contributed by atoms with Crippen molar-refractivity contribution < 1.29 is 29.3 Å². The summed E-state index contributed by atoms with van der Waals surface area (Å²) in [5, 5.41) is 32.4. The van der Waals surface area contributed by atoms with Crippen LogP contribution in [0.4, 0.5) is 4.39 Å². The zero-order valence-electron chi connectivity index (χ0n) is 15.5. The minimum atomic E-state index is -1.92. The third-order valence-electron chi connectivity index (χ3n) is 9.08. The van der Waals surface area contributed by atoms with Crippen molar-refractivity contribution in [3.63, 3.8) is 0 Å². The van der Waals surface area contributed by atoms with E-state index in [-0.39, 0.29) is 18.1 Å². The summed E-state index contributed by atoms with van der Waals surface area (Å²) in [6.45, 7) is 2.64. The number of ketones is 2. The summed E-state index contributed by atoms with van der Waals surface area (Å²) in [5.74, 6) is -2.49. The number of aliphatic hydroxyl groups excluding tert-OH is 2. The highest BCUT2D eigenvalue weighted by atomic mass is 19.1. The molecule has 0 aromatic carbocycles. The Bertz CT molecular complexity index is 848. The first-order valence-electron chi connectivity index (χ1n) is 9.77. The van der Waals surface area contributed by atoms with Gasteiger partial charge in [0.05, 0.1) is 6.10 Å². The van der Waals surface area contributed by atoms with Crippen LogP contribution in [0.2, 0.25) is 0 Å². The summed E-state index contributed by atoms with van der Waals surface area (Å²) < 4.78 is 16.8. The van der Waals surface area contributed by atoms with Crippen molar-refractivity contribution in [2.75, 3.05) is 6.61 Å². The molecule has 0 heterocycles. The van der Waals surface area contributed by atoms with Crippen LogP contribution in [0.5, 0.6) is 0 Å². The van der Waals surface area contributed by atoms with Gasteiger partial charge in [0.1, 0.15) is 12.2 Å². The second-order valence-electron chi connectivity index (χ2n) is 9.59. The van der Waals surface area contributed by atoms with E-state index in [1.807, 2.05) is 0 Å². The van der Waals surface area contributed by atoms with Gasteiger partial charge in [-0.2, -0.15) is 0 Å². The molecule has 27 heavy (non-hydrogen) atoms. The lowest BCUT2D eigenvalue weighted by Crippen LogP contribution is -2.72. The number of hydrogen-bond acceptors (Lipinski definition) is 5. The van der Waals surface area contributed by atoms with E-state index in [1.165, 1.54) is 12.2 Å². The third-order valence-corrected chi connectivity index (χ3v) is 9.08. The van der Waals surface area contributed by atoms with Gasteiger partial charge in [0, 0.05) is 22.7 Å². The van der Waals surface area contributed by atoms with E-state index >= 15 is 4.39 Å². The third kappa shape index (κ3) is 1.54. The Morgan fingerprint density at radius 1 is 1.30 bits per heavy atom. The minimum Gasteiger partial charge on any atom is -0.390 e. The molecule has 0 radical (unpaired) electrons. The Balaban J connectivity index is 1.88. The fourth-order valence-electron chi connectivity index (χ4n) is 7.86. The monoisotopic (exact) mass is 376 g/mol. The molecule has 146 valence electrons. The molecule has 0 spiro atoms. The average Bonchev–Trinajstić information content (AvgIpc) is 2.81. The van der Waals surface area contributed by atoms with E-state index in [4.69, 9.17) is 0 Å². The van der Waals surface area contributed by atoms with Crippen LogP contribution in [0.3, 0.4) is 0 Å². The zero-order valence-corrected chi connectivity index (χ0v) is 15.5. The van der Waals surface area contributed by atoms with Crippen LogP contribution in [0, 0.1) is 28.6 Å². The molecule has 8 atom stereocenters. The van der Waals surface area contributed by atoms with E-state index < -0.39 is 52.4 Å². The van der Waals surface area contributed by atoms with Gasteiger partial charge in [-0.05, 0) is 56.3 Å². The number of hydrogen-bond donors (Lipinski definition) is 3. The lowest BCUT2D eigenvalue weighted by atomic mass is 9.41. The number of allylic oxidation sites excluding steroid dienone is 3. The predicted octanol–water partition coefficient (Wildman–Crippen LogP) is 1.26. The number of rotatable bonds is 2. The van der Waals surface area contributed by atoms with Gasteiger partial charge in [-0.1, -0.05) is 12.5 Å². The molecule has 5 rings (SSSR count). The highest BCUT2D eigenvalue weighted by Gasteiger charge is 2.81. The SMILES string of the molecule is C[C@@]12C3=CC(=O)C=C1C1C[C@H]4[C@H](CC3)[C@]2(F)[C@@H](O)C[C@]4(C)[C@@]1(O)C(=O)CO. The molecule has 0 amide bonds. The number of Topliss-reactive ketones (excluding diaryl/α,β-unsaturated/α-hetero) is 1. The zero-order chi connectivity index (χ0) is 19.6. The number of fused-ring (bicyclic) bond motifs is 2. The number of aliphatic hydroxyl groups is 3. The van der Waals surface area contributed by atoms with E-state index in [0.717, 1.165) is 0 Å². The van der Waals surface area contributed by atoms with E-state index in [0.29, 0.717) is 30.4 Å². The van der Waals surface area contributed by atoms with Crippen LogP contribution >= 0.6 is 0 Å². The first kappa shape index (κ1) is 17.7. The fraction of sp³-hybridized carbons (Fsp3) is 0.714. The standard InChI is InChI=1S/C21H25FO5/c1-18-8-16(25)20(22)12-4-3-10-5-11(24)6-14(19(10,20)2)15(7-13(12)18)21(18,27)17(26)9-23/h5-6,12-13,15-16,23,25,27H,3-4,7-9H2,1-2H3/t12-,13-,15?,16-,18-,19+,20-,21-/m0/s1.